The summed E-state index contributed by atoms with van der Waals surface area (Å²) >= 11 is 5.91. The summed E-state index contributed by atoms with van der Waals surface area (Å²) in [6.45, 7) is 2.66. The van der Waals surface area contributed by atoms with E-state index in [4.69, 9.17) is 21.1 Å². The fourth-order valence-corrected chi connectivity index (χ4v) is 1.55. The first kappa shape index (κ1) is 13.6. The van der Waals surface area contributed by atoms with Crippen LogP contribution in [0.25, 0.3) is 0 Å². The molecule has 0 spiro atoms. The maximum absolute atomic E-state index is 11.0. The number of alkyl carbamates (subject to hydrolysis) is 1. The zero-order chi connectivity index (χ0) is 12.7. The first-order chi connectivity index (χ1) is 8.17. The zero-order valence-electron chi connectivity index (χ0n) is 9.96. The molecule has 0 fully saturated rings. The van der Waals surface area contributed by atoms with E-state index in [0.29, 0.717) is 30.3 Å². The van der Waals surface area contributed by atoms with E-state index in [2.05, 4.69) is 5.32 Å². The standard InChI is InChI=1S/C12H16ClNO3/c1-3-17-12(15)14-7-6-9-4-5-10(13)11(8-9)16-2/h4-5,8H,3,6-7H2,1-2H3,(H,14,15). The van der Waals surface area contributed by atoms with E-state index in [-0.39, 0.29) is 0 Å². The molecule has 0 saturated carbocycles. The van der Waals surface area contributed by atoms with Crippen LogP contribution in [0.2, 0.25) is 5.02 Å². The number of methoxy groups -OCH3 is 1. The van der Waals surface area contributed by atoms with Gasteiger partial charge in [-0.25, -0.2) is 4.79 Å². The van der Waals surface area contributed by atoms with Crippen molar-refractivity contribution in [2.45, 2.75) is 13.3 Å². The van der Waals surface area contributed by atoms with Gasteiger partial charge in [0.05, 0.1) is 18.7 Å². The van der Waals surface area contributed by atoms with Crippen LogP contribution in [0.4, 0.5) is 4.79 Å². The van der Waals surface area contributed by atoms with Crippen molar-refractivity contribution in [3.8, 4) is 5.75 Å². The van der Waals surface area contributed by atoms with E-state index in [1.54, 1.807) is 20.1 Å². The van der Waals surface area contributed by atoms with Crippen LogP contribution in [-0.4, -0.2) is 26.4 Å². The van der Waals surface area contributed by atoms with Gasteiger partial charge in [-0.1, -0.05) is 17.7 Å². The molecule has 0 aliphatic rings. The van der Waals surface area contributed by atoms with Gasteiger partial charge in [-0.05, 0) is 31.0 Å². The lowest BCUT2D eigenvalue weighted by Gasteiger charge is -2.07. The molecule has 0 saturated heterocycles. The maximum Gasteiger partial charge on any atom is 0.407 e. The third-order valence-electron chi connectivity index (χ3n) is 2.17. The van der Waals surface area contributed by atoms with Crippen molar-refractivity contribution in [1.29, 1.82) is 0 Å². The van der Waals surface area contributed by atoms with E-state index in [1.807, 2.05) is 12.1 Å². The van der Waals surface area contributed by atoms with Gasteiger partial charge in [0.15, 0.2) is 0 Å². The summed E-state index contributed by atoms with van der Waals surface area (Å²) in [6, 6.07) is 5.53. The minimum Gasteiger partial charge on any atom is -0.495 e. The number of benzene rings is 1. The SMILES string of the molecule is CCOC(=O)NCCc1ccc(Cl)c(OC)c1. The summed E-state index contributed by atoms with van der Waals surface area (Å²) in [5, 5.41) is 3.23. The number of ether oxygens (including phenoxy) is 2. The molecule has 0 radical (unpaired) electrons. The Kier molecular flexibility index (Phi) is 5.63. The maximum atomic E-state index is 11.0. The molecule has 17 heavy (non-hydrogen) atoms. The minimum atomic E-state index is -0.395. The van der Waals surface area contributed by atoms with Crippen molar-refractivity contribution in [3.63, 3.8) is 0 Å². The Hall–Kier alpha value is -1.42. The summed E-state index contributed by atoms with van der Waals surface area (Å²) in [5.74, 6) is 0.639. The Bertz CT molecular complexity index is 382. The van der Waals surface area contributed by atoms with Gasteiger partial charge in [-0.3, -0.25) is 0 Å². The monoisotopic (exact) mass is 257 g/mol. The van der Waals surface area contributed by atoms with Gasteiger partial charge in [-0.15, -0.1) is 0 Å². The van der Waals surface area contributed by atoms with Crippen molar-refractivity contribution in [2.24, 2.45) is 0 Å². The molecule has 0 heterocycles. The second-order valence-corrected chi connectivity index (χ2v) is 3.77. The molecule has 0 unspecified atom stereocenters. The summed E-state index contributed by atoms with van der Waals surface area (Å²) < 4.78 is 9.86. The van der Waals surface area contributed by atoms with Gasteiger partial charge in [0.2, 0.25) is 0 Å². The molecule has 0 atom stereocenters. The van der Waals surface area contributed by atoms with Crippen LogP contribution in [0.3, 0.4) is 0 Å². The molecule has 1 aromatic rings. The van der Waals surface area contributed by atoms with Crippen LogP contribution in [-0.2, 0) is 11.2 Å². The van der Waals surface area contributed by atoms with Crippen LogP contribution in [0.5, 0.6) is 5.75 Å². The normalized spacial score (nSPS) is 9.82. The lowest BCUT2D eigenvalue weighted by atomic mass is 10.1. The fourth-order valence-electron chi connectivity index (χ4n) is 1.35. The molecule has 1 N–H and O–H groups in total. The van der Waals surface area contributed by atoms with Crippen LogP contribution in [0.15, 0.2) is 18.2 Å². The van der Waals surface area contributed by atoms with Crippen LogP contribution >= 0.6 is 11.6 Å². The molecule has 1 rings (SSSR count). The topological polar surface area (TPSA) is 47.6 Å². The lowest BCUT2D eigenvalue weighted by molar-refractivity contribution is 0.152. The number of hydrogen-bond acceptors (Lipinski definition) is 3. The quantitative estimate of drug-likeness (QED) is 0.882. The Morgan fingerprint density at radius 3 is 2.88 bits per heavy atom. The van der Waals surface area contributed by atoms with Crippen LogP contribution in [0.1, 0.15) is 12.5 Å². The lowest BCUT2D eigenvalue weighted by Crippen LogP contribution is -2.26. The third kappa shape index (κ3) is 4.53. The number of nitrogens with one attached hydrogen (secondary N) is 1. The van der Waals surface area contributed by atoms with Crippen LogP contribution < -0.4 is 10.1 Å². The van der Waals surface area contributed by atoms with E-state index >= 15 is 0 Å². The van der Waals surface area contributed by atoms with Crippen molar-refractivity contribution in [1.82, 2.24) is 5.32 Å². The average molecular weight is 258 g/mol. The first-order valence-corrected chi connectivity index (χ1v) is 5.78. The Morgan fingerprint density at radius 1 is 1.47 bits per heavy atom. The predicted octanol–water partition coefficient (Wildman–Crippen LogP) is 2.64. The van der Waals surface area contributed by atoms with Gasteiger partial charge >= 0.3 is 6.09 Å². The average Bonchev–Trinajstić information content (AvgIpc) is 2.31. The highest BCUT2D eigenvalue weighted by atomic mass is 35.5. The van der Waals surface area contributed by atoms with Crippen LogP contribution in [0, 0.1) is 0 Å². The molecule has 0 aliphatic heterocycles. The van der Waals surface area contributed by atoms with E-state index in [1.165, 1.54) is 0 Å². The van der Waals surface area contributed by atoms with E-state index in [0.717, 1.165) is 5.56 Å². The Morgan fingerprint density at radius 2 is 2.24 bits per heavy atom. The number of halogens is 1. The number of carbonyl (C=O) groups excluding carboxylic acids is 1. The second kappa shape index (κ2) is 7.01. The summed E-state index contributed by atoms with van der Waals surface area (Å²) in [7, 11) is 1.57. The van der Waals surface area contributed by atoms with Crippen molar-refractivity contribution in [3.05, 3.63) is 28.8 Å². The summed E-state index contributed by atoms with van der Waals surface area (Å²) in [4.78, 5) is 11.0. The number of hydrogen-bond donors (Lipinski definition) is 1. The van der Waals surface area contributed by atoms with Gasteiger partial charge in [0.1, 0.15) is 5.75 Å². The molecular weight excluding hydrogens is 242 g/mol. The zero-order valence-corrected chi connectivity index (χ0v) is 10.7. The third-order valence-corrected chi connectivity index (χ3v) is 2.49. The van der Waals surface area contributed by atoms with Gasteiger partial charge < -0.3 is 14.8 Å². The molecule has 4 nitrogen and oxygen atoms in total. The predicted molar refractivity (Wildman–Crippen MR) is 66.7 cm³/mol. The first-order valence-electron chi connectivity index (χ1n) is 5.40. The largest absolute Gasteiger partial charge is 0.495 e. The fraction of sp³-hybridized carbons (Fsp3) is 0.417. The molecule has 5 heteroatoms. The minimum absolute atomic E-state index is 0.376. The smallest absolute Gasteiger partial charge is 0.407 e. The second-order valence-electron chi connectivity index (χ2n) is 3.37. The Balaban J connectivity index is 2.44. The number of rotatable bonds is 5. The van der Waals surface area contributed by atoms with Crippen molar-refractivity contribution < 1.29 is 14.3 Å². The number of carbonyl (C=O) groups is 1. The van der Waals surface area contributed by atoms with Crippen molar-refractivity contribution >= 4 is 17.7 Å². The highest BCUT2D eigenvalue weighted by Gasteiger charge is 2.03. The number of amides is 1. The van der Waals surface area contributed by atoms with E-state index in [9.17, 15) is 4.79 Å². The van der Waals surface area contributed by atoms with Gasteiger partial charge in [0.25, 0.3) is 0 Å². The molecule has 0 aromatic heterocycles. The van der Waals surface area contributed by atoms with E-state index < -0.39 is 6.09 Å². The highest BCUT2D eigenvalue weighted by molar-refractivity contribution is 6.32. The molecule has 0 aliphatic carbocycles. The highest BCUT2D eigenvalue weighted by Crippen LogP contribution is 2.24. The van der Waals surface area contributed by atoms with Gasteiger partial charge in [-0.2, -0.15) is 0 Å². The van der Waals surface area contributed by atoms with Crippen molar-refractivity contribution in [2.75, 3.05) is 20.3 Å². The Labute approximate surface area is 106 Å². The molecular formula is C12H16ClNO3. The molecule has 94 valence electrons. The summed E-state index contributed by atoms with van der Waals surface area (Å²) in [6.07, 6.45) is 0.306. The molecule has 1 amide bonds. The molecule has 0 bridgehead atoms. The molecule has 1 aromatic carbocycles. The summed E-state index contributed by atoms with van der Waals surface area (Å²) in [5.41, 5.74) is 1.04. The van der Waals surface area contributed by atoms with Gasteiger partial charge in [0, 0.05) is 6.54 Å².